The highest BCUT2D eigenvalue weighted by Gasteiger charge is 2.03. The highest BCUT2D eigenvalue weighted by Crippen LogP contribution is 2.06. The third kappa shape index (κ3) is 6.10. The van der Waals surface area contributed by atoms with Gasteiger partial charge in [-0.2, -0.15) is 0 Å². The molecule has 0 radical (unpaired) electrons. The van der Waals surface area contributed by atoms with E-state index in [4.69, 9.17) is 9.15 Å². The molecule has 0 bridgehead atoms. The average molecular weight is 291 g/mol. The molecule has 21 heavy (non-hydrogen) atoms. The van der Waals surface area contributed by atoms with Crippen LogP contribution in [0.2, 0.25) is 0 Å². The number of hydrogen-bond acceptors (Lipinski definition) is 3. The quantitative estimate of drug-likeness (QED) is 0.718. The first-order chi connectivity index (χ1) is 10.2. The van der Waals surface area contributed by atoms with E-state index in [9.17, 15) is 4.39 Å². The van der Waals surface area contributed by atoms with E-state index in [-0.39, 0.29) is 5.82 Å². The summed E-state index contributed by atoms with van der Waals surface area (Å²) < 4.78 is 23.8. The highest BCUT2D eigenvalue weighted by atomic mass is 19.1. The first-order valence-electron chi connectivity index (χ1n) is 7.32. The molecule has 0 fully saturated rings. The van der Waals surface area contributed by atoms with Crippen LogP contribution in [-0.2, 0) is 17.8 Å². The Morgan fingerprint density at radius 2 is 2.19 bits per heavy atom. The van der Waals surface area contributed by atoms with Gasteiger partial charge in [0.15, 0.2) is 0 Å². The largest absolute Gasteiger partial charge is 0.467 e. The van der Waals surface area contributed by atoms with E-state index in [1.54, 1.807) is 18.4 Å². The van der Waals surface area contributed by atoms with Crippen molar-refractivity contribution >= 4 is 0 Å². The van der Waals surface area contributed by atoms with Crippen LogP contribution < -0.4 is 5.32 Å². The minimum absolute atomic E-state index is 0.175. The van der Waals surface area contributed by atoms with Gasteiger partial charge in [0.05, 0.1) is 6.26 Å². The summed E-state index contributed by atoms with van der Waals surface area (Å²) in [6.07, 6.45) is 3.41. The molecule has 2 aromatic rings. The van der Waals surface area contributed by atoms with E-state index in [2.05, 4.69) is 12.2 Å². The van der Waals surface area contributed by atoms with Crippen LogP contribution in [0.25, 0.3) is 0 Å². The topological polar surface area (TPSA) is 34.4 Å². The second kappa shape index (κ2) is 8.60. The molecule has 0 aliphatic carbocycles. The molecule has 4 heteroatoms. The van der Waals surface area contributed by atoms with Crippen LogP contribution in [-0.4, -0.2) is 19.2 Å². The van der Waals surface area contributed by atoms with Crippen molar-refractivity contribution in [2.24, 2.45) is 0 Å². The van der Waals surface area contributed by atoms with Gasteiger partial charge in [0, 0.05) is 12.6 Å². The maximum atomic E-state index is 13.1. The van der Waals surface area contributed by atoms with E-state index in [1.807, 2.05) is 18.2 Å². The van der Waals surface area contributed by atoms with Gasteiger partial charge >= 0.3 is 0 Å². The SMILES string of the molecule is CC(Cc1cccc(F)c1)NCCCOCc1ccco1. The molecule has 1 N–H and O–H groups in total. The molecule has 1 unspecified atom stereocenters. The molecule has 1 aromatic heterocycles. The lowest BCUT2D eigenvalue weighted by molar-refractivity contribution is 0.104. The molecule has 0 aliphatic rings. The molecule has 0 saturated carbocycles. The maximum absolute atomic E-state index is 13.1. The van der Waals surface area contributed by atoms with Crippen molar-refractivity contribution in [2.75, 3.05) is 13.2 Å². The second-order valence-electron chi connectivity index (χ2n) is 5.17. The van der Waals surface area contributed by atoms with E-state index >= 15 is 0 Å². The third-order valence-electron chi connectivity index (χ3n) is 3.21. The lowest BCUT2D eigenvalue weighted by Gasteiger charge is -2.14. The molecule has 1 heterocycles. The first-order valence-corrected chi connectivity index (χ1v) is 7.32. The number of hydrogen-bond donors (Lipinski definition) is 1. The zero-order valence-electron chi connectivity index (χ0n) is 12.3. The Bertz CT molecular complexity index is 513. The van der Waals surface area contributed by atoms with Crippen LogP contribution in [0.5, 0.6) is 0 Å². The van der Waals surface area contributed by atoms with Gasteiger partial charge in [-0.1, -0.05) is 12.1 Å². The monoisotopic (exact) mass is 291 g/mol. The van der Waals surface area contributed by atoms with Gasteiger partial charge in [0.2, 0.25) is 0 Å². The standard InChI is InChI=1S/C17H22FNO2/c1-14(11-15-5-2-6-16(18)12-15)19-8-4-9-20-13-17-7-3-10-21-17/h2-3,5-7,10,12,14,19H,4,8-9,11,13H2,1H3. The van der Waals surface area contributed by atoms with Crippen LogP contribution in [0.4, 0.5) is 4.39 Å². The van der Waals surface area contributed by atoms with Crippen LogP contribution in [0.15, 0.2) is 47.1 Å². The molecule has 1 aromatic carbocycles. The van der Waals surface area contributed by atoms with Crippen LogP contribution in [0, 0.1) is 5.82 Å². The number of ether oxygens (including phenoxy) is 1. The van der Waals surface area contributed by atoms with E-state index < -0.39 is 0 Å². The fourth-order valence-electron chi connectivity index (χ4n) is 2.18. The van der Waals surface area contributed by atoms with E-state index in [0.29, 0.717) is 19.3 Å². The van der Waals surface area contributed by atoms with Gasteiger partial charge in [-0.3, -0.25) is 0 Å². The molecule has 3 nitrogen and oxygen atoms in total. The van der Waals surface area contributed by atoms with E-state index in [0.717, 1.165) is 30.7 Å². The Labute approximate surface area is 125 Å². The van der Waals surface area contributed by atoms with Gasteiger partial charge in [0.1, 0.15) is 18.2 Å². The van der Waals surface area contributed by atoms with Crippen molar-refractivity contribution in [2.45, 2.75) is 32.4 Å². The van der Waals surface area contributed by atoms with Crippen molar-refractivity contribution in [1.82, 2.24) is 5.32 Å². The first kappa shape index (κ1) is 15.7. The molecule has 0 aliphatic heterocycles. The third-order valence-corrected chi connectivity index (χ3v) is 3.21. The number of rotatable bonds is 9. The number of furan rings is 1. The van der Waals surface area contributed by atoms with Crippen LogP contribution >= 0.6 is 0 Å². The van der Waals surface area contributed by atoms with E-state index in [1.165, 1.54) is 6.07 Å². The smallest absolute Gasteiger partial charge is 0.129 e. The predicted octanol–water partition coefficient (Wildman–Crippen LogP) is 3.55. The summed E-state index contributed by atoms with van der Waals surface area (Å²) in [5, 5.41) is 3.42. The Morgan fingerprint density at radius 1 is 1.29 bits per heavy atom. The Morgan fingerprint density at radius 3 is 2.95 bits per heavy atom. The Balaban J connectivity index is 1.54. The summed E-state index contributed by atoms with van der Waals surface area (Å²) in [6.45, 7) is 4.20. The zero-order chi connectivity index (χ0) is 14.9. The lowest BCUT2D eigenvalue weighted by atomic mass is 10.1. The second-order valence-corrected chi connectivity index (χ2v) is 5.17. The number of benzene rings is 1. The van der Waals surface area contributed by atoms with Gasteiger partial charge in [-0.15, -0.1) is 0 Å². The fraction of sp³-hybridized carbons (Fsp3) is 0.412. The number of nitrogens with one attached hydrogen (secondary N) is 1. The average Bonchev–Trinajstić information content (AvgIpc) is 2.96. The van der Waals surface area contributed by atoms with Gasteiger partial charge in [0.25, 0.3) is 0 Å². The zero-order valence-corrected chi connectivity index (χ0v) is 12.3. The van der Waals surface area contributed by atoms with Crippen molar-refractivity contribution < 1.29 is 13.5 Å². The minimum Gasteiger partial charge on any atom is -0.467 e. The van der Waals surface area contributed by atoms with Gasteiger partial charge in [-0.25, -0.2) is 4.39 Å². The van der Waals surface area contributed by atoms with Crippen molar-refractivity contribution in [3.05, 3.63) is 59.8 Å². The lowest BCUT2D eigenvalue weighted by Crippen LogP contribution is -2.29. The Kier molecular flexibility index (Phi) is 6.44. The minimum atomic E-state index is -0.175. The Hall–Kier alpha value is -1.65. The summed E-state index contributed by atoms with van der Waals surface area (Å²) in [4.78, 5) is 0. The summed E-state index contributed by atoms with van der Waals surface area (Å²) >= 11 is 0. The molecule has 0 amide bonds. The van der Waals surface area contributed by atoms with Crippen LogP contribution in [0.1, 0.15) is 24.7 Å². The fourth-order valence-corrected chi connectivity index (χ4v) is 2.18. The molecule has 0 spiro atoms. The molecule has 1 atom stereocenters. The predicted molar refractivity (Wildman–Crippen MR) is 80.5 cm³/mol. The van der Waals surface area contributed by atoms with Crippen molar-refractivity contribution in [3.8, 4) is 0 Å². The van der Waals surface area contributed by atoms with Gasteiger partial charge in [-0.05, 0) is 56.1 Å². The highest BCUT2D eigenvalue weighted by molar-refractivity contribution is 5.17. The molecule has 114 valence electrons. The summed E-state index contributed by atoms with van der Waals surface area (Å²) in [5.74, 6) is 0.674. The van der Waals surface area contributed by atoms with Crippen molar-refractivity contribution in [1.29, 1.82) is 0 Å². The summed E-state index contributed by atoms with van der Waals surface area (Å²) in [5.41, 5.74) is 1.02. The molecular formula is C17H22FNO2. The summed E-state index contributed by atoms with van der Waals surface area (Å²) in [7, 11) is 0. The molecule has 2 rings (SSSR count). The van der Waals surface area contributed by atoms with Crippen LogP contribution in [0.3, 0.4) is 0 Å². The normalized spacial score (nSPS) is 12.5. The summed E-state index contributed by atoms with van der Waals surface area (Å²) in [6, 6.07) is 10.8. The maximum Gasteiger partial charge on any atom is 0.129 e. The number of halogens is 1. The van der Waals surface area contributed by atoms with Crippen molar-refractivity contribution in [3.63, 3.8) is 0 Å². The molecular weight excluding hydrogens is 269 g/mol. The van der Waals surface area contributed by atoms with Gasteiger partial charge < -0.3 is 14.5 Å². The molecule has 0 saturated heterocycles.